The minimum atomic E-state index is -1.03. The van der Waals surface area contributed by atoms with Gasteiger partial charge in [-0.1, -0.05) is 18.2 Å². The number of benzene rings is 3. The smallest absolute Gasteiger partial charge is 0.335 e. The summed E-state index contributed by atoms with van der Waals surface area (Å²) in [6, 6.07) is 13.3. The largest absolute Gasteiger partial charge is 0.493 e. The molecule has 3 aromatic rings. The second-order valence-electron chi connectivity index (χ2n) is 8.43. The van der Waals surface area contributed by atoms with Crippen molar-refractivity contribution >= 4 is 35.6 Å². The monoisotopic (exact) mass is 530 g/mol. The number of nitrogens with one attached hydrogen (secondary N) is 1. The molecule has 198 valence electrons. The first-order chi connectivity index (χ1) is 18.7. The third kappa shape index (κ3) is 5.85. The summed E-state index contributed by atoms with van der Waals surface area (Å²) >= 11 is 0. The SMILES string of the molecule is C=CCc1cc(/C=C2\C(=O)NC(=O)N(c3ccc(F)cc3)C2=O)cc(OC)c1OCc1ccc(C(=O)O)cc1. The van der Waals surface area contributed by atoms with Gasteiger partial charge in [-0.15, -0.1) is 6.58 Å². The summed E-state index contributed by atoms with van der Waals surface area (Å²) in [7, 11) is 1.44. The lowest BCUT2D eigenvalue weighted by molar-refractivity contribution is -0.122. The predicted molar refractivity (Wildman–Crippen MR) is 140 cm³/mol. The quantitative estimate of drug-likeness (QED) is 0.237. The molecule has 1 fully saturated rings. The number of nitrogens with zero attached hydrogens (tertiary/aromatic N) is 1. The van der Waals surface area contributed by atoms with E-state index < -0.39 is 29.6 Å². The lowest BCUT2D eigenvalue weighted by atomic mass is 10.0. The third-order valence-corrected chi connectivity index (χ3v) is 5.82. The molecule has 1 aliphatic rings. The van der Waals surface area contributed by atoms with E-state index in [9.17, 15) is 23.6 Å². The Labute approximate surface area is 222 Å². The number of carboxylic acids is 1. The molecule has 0 unspecified atom stereocenters. The van der Waals surface area contributed by atoms with Crippen LogP contribution in [0.2, 0.25) is 0 Å². The molecule has 0 saturated carbocycles. The molecule has 0 spiro atoms. The molecule has 0 aromatic heterocycles. The Hall–Kier alpha value is -5.25. The number of carboxylic acid groups (broad SMARTS) is 1. The highest BCUT2D eigenvalue weighted by Crippen LogP contribution is 2.35. The highest BCUT2D eigenvalue weighted by atomic mass is 19.1. The van der Waals surface area contributed by atoms with Gasteiger partial charge < -0.3 is 14.6 Å². The number of ether oxygens (including phenoxy) is 2. The van der Waals surface area contributed by atoms with Gasteiger partial charge in [0, 0.05) is 5.56 Å². The number of barbiturate groups is 1. The minimum Gasteiger partial charge on any atom is -0.493 e. The van der Waals surface area contributed by atoms with Crippen molar-refractivity contribution in [2.45, 2.75) is 13.0 Å². The maximum absolute atomic E-state index is 13.4. The van der Waals surface area contributed by atoms with E-state index in [1.807, 2.05) is 0 Å². The van der Waals surface area contributed by atoms with Gasteiger partial charge in [-0.05, 0) is 72.2 Å². The van der Waals surface area contributed by atoms with Crippen molar-refractivity contribution in [2.75, 3.05) is 12.0 Å². The number of rotatable bonds is 9. The number of imide groups is 2. The summed E-state index contributed by atoms with van der Waals surface area (Å²) in [5.41, 5.74) is 1.75. The number of amides is 4. The Balaban J connectivity index is 1.66. The minimum absolute atomic E-state index is 0.0994. The van der Waals surface area contributed by atoms with Gasteiger partial charge in [0.25, 0.3) is 11.8 Å². The van der Waals surface area contributed by atoms with Crippen LogP contribution in [0.3, 0.4) is 0 Å². The second-order valence-corrected chi connectivity index (χ2v) is 8.43. The van der Waals surface area contributed by atoms with Crippen molar-refractivity contribution in [3.05, 3.63) is 107 Å². The van der Waals surface area contributed by atoms with Gasteiger partial charge in [-0.2, -0.15) is 0 Å². The Kier molecular flexibility index (Phi) is 7.85. The van der Waals surface area contributed by atoms with Crippen molar-refractivity contribution < 1.29 is 38.1 Å². The van der Waals surface area contributed by atoms with Crippen LogP contribution in [0.4, 0.5) is 14.9 Å². The molecule has 1 saturated heterocycles. The van der Waals surface area contributed by atoms with Crippen molar-refractivity contribution in [2.24, 2.45) is 0 Å². The summed E-state index contributed by atoms with van der Waals surface area (Å²) < 4.78 is 24.9. The van der Waals surface area contributed by atoms with E-state index >= 15 is 0 Å². The summed E-state index contributed by atoms with van der Waals surface area (Å²) in [5, 5.41) is 11.2. The molecule has 0 bridgehead atoms. The fourth-order valence-electron chi connectivity index (χ4n) is 3.94. The summed E-state index contributed by atoms with van der Waals surface area (Å²) in [5.74, 6) is -2.60. The zero-order valence-corrected chi connectivity index (χ0v) is 20.8. The molecular weight excluding hydrogens is 507 g/mol. The number of urea groups is 1. The average molecular weight is 531 g/mol. The standard InChI is InChI=1S/C29H23FN2O7/c1-3-4-20-13-18(15-24(38-2)25(20)39-16-17-5-7-19(8-6-17)28(35)36)14-23-26(33)31-29(37)32(27(23)34)22-11-9-21(30)10-12-22/h3,5-15H,1,4,16H2,2H3,(H,35,36)(H,31,33,37)/b23-14+. The maximum Gasteiger partial charge on any atom is 0.335 e. The molecule has 39 heavy (non-hydrogen) atoms. The normalized spacial score (nSPS) is 14.3. The highest BCUT2D eigenvalue weighted by Gasteiger charge is 2.37. The lowest BCUT2D eigenvalue weighted by Gasteiger charge is -2.26. The number of hydrogen-bond acceptors (Lipinski definition) is 6. The van der Waals surface area contributed by atoms with Gasteiger partial charge in [0.1, 0.15) is 18.0 Å². The van der Waals surface area contributed by atoms with Gasteiger partial charge >= 0.3 is 12.0 Å². The number of allylic oxidation sites excluding steroid dienone is 1. The molecule has 4 amide bonds. The van der Waals surface area contributed by atoms with E-state index in [0.717, 1.165) is 22.6 Å². The first-order valence-corrected chi connectivity index (χ1v) is 11.7. The Bertz CT molecular complexity index is 1500. The van der Waals surface area contributed by atoms with Crippen LogP contribution in [0.5, 0.6) is 11.5 Å². The highest BCUT2D eigenvalue weighted by molar-refractivity contribution is 6.39. The van der Waals surface area contributed by atoms with E-state index in [4.69, 9.17) is 14.6 Å². The van der Waals surface area contributed by atoms with Crippen LogP contribution >= 0.6 is 0 Å². The molecule has 9 nitrogen and oxygen atoms in total. The maximum atomic E-state index is 13.4. The van der Waals surface area contributed by atoms with Gasteiger partial charge in [0.05, 0.1) is 18.4 Å². The van der Waals surface area contributed by atoms with Crippen molar-refractivity contribution in [3.8, 4) is 11.5 Å². The summed E-state index contributed by atoms with van der Waals surface area (Å²) in [6.07, 6.45) is 3.33. The molecule has 3 aromatic carbocycles. The van der Waals surface area contributed by atoms with Crippen LogP contribution in [-0.2, 0) is 22.6 Å². The number of halogens is 1. The van der Waals surface area contributed by atoms with Crippen LogP contribution in [0, 0.1) is 5.82 Å². The second kappa shape index (κ2) is 11.4. The van der Waals surface area contributed by atoms with E-state index in [2.05, 4.69) is 11.9 Å². The van der Waals surface area contributed by atoms with Crippen LogP contribution in [0.1, 0.15) is 27.0 Å². The molecule has 4 rings (SSSR count). The topological polar surface area (TPSA) is 122 Å². The van der Waals surface area contributed by atoms with E-state index in [0.29, 0.717) is 29.0 Å². The Morgan fingerprint density at radius 3 is 2.38 bits per heavy atom. The van der Waals surface area contributed by atoms with E-state index in [-0.39, 0.29) is 23.4 Å². The van der Waals surface area contributed by atoms with E-state index in [1.165, 1.54) is 37.5 Å². The van der Waals surface area contributed by atoms with Crippen LogP contribution in [-0.4, -0.2) is 36.0 Å². The Morgan fingerprint density at radius 1 is 1.08 bits per heavy atom. The molecule has 0 atom stereocenters. The molecule has 0 radical (unpaired) electrons. The third-order valence-electron chi connectivity index (χ3n) is 5.82. The molecule has 0 aliphatic carbocycles. The fourth-order valence-corrected chi connectivity index (χ4v) is 3.94. The zero-order valence-electron chi connectivity index (χ0n) is 20.8. The van der Waals surface area contributed by atoms with Gasteiger partial charge in [-0.3, -0.25) is 14.9 Å². The van der Waals surface area contributed by atoms with Crippen LogP contribution in [0.25, 0.3) is 6.08 Å². The lowest BCUT2D eigenvalue weighted by Crippen LogP contribution is -2.54. The Morgan fingerprint density at radius 2 is 1.77 bits per heavy atom. The van der Waals surface area contributed by atoms with Gasteiger partial charge in [0.15, 0.2) is 11.5 Å². The summed E-state index contributed by atoms with van der Waals surface area (Å²) in [4.78, 5) is 50.0. The van der Waals surface area contributed by atoms with Crippen molar-refractivity contribution in [3.63, 3.8) is 0 Å². The van der Waals surface area contributed by atoms with Crippen molar-refractivity contribution in [1.82, 2.24) is 5.32 Å². The number of hydrogen-bond donors (Lipinski definition) is 2. The van der Waals surface area contributed by atoms with Crippen molar-refractivity contribution in [1.29, 1.82) is 0 Å². The number of methoxy groups -OCH3 is 1. The van der Waals surface area contributed by atoms with Gasteiger partial charge in [0.2, 0.25) is 0 Å². The molecule has 10 heteroatoms. The van der Waals surface area contributed by atoms with Crippen LogP contribution < -0.4 is 19.7 Å². The zero-order chi connectivity index (χ0) is 28.1. The first kappa shape index (κ1) is 26.8. The van der Waals surface area contributed by atoms with E-state index in [1.54, 1.807) is 30.3 Å². The average Bonchev–Trinajstić information content (AvgIpc) is 2.91. The predicted octanol–water partition coefficient (Wildman–Crippen LogP) is 4.51. The van der Waals surface area contributed by atoms with Crippen LogP contribution in [0.15, 0.2) is 78.9 Å². The molecule has 1 heterocycles. The van der Waals surface area contributed by atoms with Gasteiger partial charge in [-0.25, -0.2) is 18.9 Å². The number of anilines is 1. The number of carbonyl (C=O) groups excluding carboxylic acids is 3. The molecule has 2 N–H and O–H groups in total. The number of aromatic carboxylic acids is 1. The molecule has 1 aliphatic heterocycles. The summed E-state index contributed by atoms with van der Waals surface area (Å²) in [6.45, 7) is 3.89. The fraction of sp³-hybridized carbons (Fsp3) is 0.103. The number of carbonyl (C=O) groups is 4. The molecular formula is C29H23FN2O7. The first-order valence-electron chi connectivity index (χ1n) is 11.7.